The van der Waals surface area contributed by atoms with E-state index in [0.29, 0.717) is 11.7 Å². The van der Waals surface area contributed by atoms with Gasteiger partial charge in [-0.1, -0.05) is 20.8 Å². The standard InChI is InChI=1S/C10H21NO2S/c1-9(2)8-14(12,13)11-6-4-5-10(3)7-11/h9-10H,4-8H2,1-3H3. The molecule has 1 atom stereocenters. The highest BCUT2D eigenvalue weighted by atomic mass is 32.2. The largest absolute Gasteiger partial charge is 0.214 e. The summed E-state index contributed by atoms with van der Waals surface area (Å²) in [5.41, 5.74) is 0. The third-order valence-corrected chi connectivity index (χ3v) is 4.76. The maximum Gasteiger partial charge on any atom is 0.214 e. The van der Waals surface area contributed by atoms with E-state index in [1.807, 2.05) is 13.8 Å². The molecule has 14 heavy (non-hydrogen) atoms. The molecule has 4 heteroatoms. The van der Waals surface area contributed by atoms with E-state index in [4.69, 9.17) is 0 Å². The van der Waals surface area contributed by atoms with E-state index in [1.165, 1.54) is 0 Å². The predicted octanol–water partition coefficient (Wildman–Crippen LogP) is 1.70. The molecule has 0 amide bonds. The van der Waals surface area contributed by atoms with Crippen LogP contribution in [0.3, 0.4) is 0 Å². The highest BCUT2D eigenvalue weighted by molar-refractivity contribution is 7.89. The van der Waals surface area contributed by atoms with Gasteiger partial charge < -0.3 is 0 Å². The molecule has 0 aromatic carbocycles. The van der Waals surface area contributed by atoms with E-state index >= 15 is 0 Å². The second-order valence-corrected chi connectivity index (χ2v) is 6.79. The van der Waals surface area contributed by atoms with Crippen molar-refractivity contribution in [3.8, 4) is 0 Å². The number of nitrogens with zero attached hydrogens (tertiary/aromatic N) is 1. The van der Waals surface area contributed by atoms with E-state index < -0.39 is 10.0 Å². The lowest BCUT2D eigenvalue weighted by atomic mass is 10.0. The zero-order chi connectivity index (χ0) is 10.8. The number of piperidine rings is 1. The maximum atomic E-state index is 11.9. The number of hydrogen-bond acceptors (Lipinski definition) is 2. The highest BCUT2D eigenvalue weighted by Crippen LogP contribution is 2.19. The molecule has 3 nitrogen and oxygen atoms in total. The summed E-state index contributed by atoms with van der Waals surface area (Å²) in [6.45, 7) is 7.46. The Bertz CT molecular complexity index is 272. The van der Waals surface area contributed by atoms with Gasteiger partial charge in [0.2, 0.25) is 10.0 Å². The Hall–Kier alpha value is -0.0900. The lowest BCUT2D eigenvalue weighted by Crippen LogP contribution is -2.41. The lowest BCUT2D eigenvalue weighted by molar-refractivity contribution is 0.280. The zero-order valence-electron chi connectivity index (χ0n) is 9.36. The van der Waals surface area contributed by atoms with Crippen molar-refractivity contribution in [3.63, 3.8) is 0 Å². The van der Waals surface area contributed by atoms with Gasteiger partial charge in [0.05, 0.1) is 5.75 Å². The molecule has 0 saturated carbocycles. The van der Waals surface area contributed by atoms with E-state index in [9.17, 15) is 8.42 Å². The maximum absolute atomic E-state index is 11.9. The van der Waals surface area contributed by atoms with Crippen LogP contribution in [0.4, 0.5) is 0 Å². The molecule has 1 saturated heterocycles. The second kappa shape index (κ2) is 4.62. The smallest absolute Gasteiger partial charge is 0.212 e. The van der Waals surface area contributed by atoms with Gasteiger partial charge in [-0.3, -0.25) is 0 Å². The summed E-state index contributed by atoms with van der Waals surface area (Å²) in [6, 6.07) is 0. The molecule has 1 fully saturated rings. The van der Waals surface area contributed by atoms with Gasteiger partial charge in [0.1, 0.15) is 0 Å². The summed E-state index contributed by atoms with van der Waals surface area (Å²) >= 11 is 0. The van der Waals surface area contributed by atoms with Crippen molar-refractivity contribution in [2.75, 3.05) is 18.8 Å². The highest BCUT2D eigenvalue weighted by Gasteiger charge is 2.27. The summed E-state index contributed by atoms with van der Waals surface area (Å²) in [6.07, 6.45) is 2.17. The Labute approximate surface area is 87.5 Å². The topological polar surface area (TPSA) is 37.4 Å². The molecule has 0 radical (unpaired) electrons. The molecule has 1 aliphatic heterocycles. The van der Waals surface area contributed by atoms with Crippen LogP contribution in [0.5, 0.6) is 0 Å². The van der Waals surface area contributed by atoms with Crippen LogP contribution in [0.25, 0.3) is 0 Å². The molecule has 1 rings (SSSR count). The SMILES string of the molecule is CC(C)CS(=O)(=O)N1CCCC(C)C1. The molecule has 0 aliphatic carbocycles. The third kappa shape index (κ3) is 3.24. The van der Waals surface area contributed by atoms with Crippen LogP contribution in [0.1, 0.15) is 33.6 Å². The first-order valence-corrected chi connectivity index (χ1v) is 7.00. The van der Waals surface area contributed by atoms with Crippen LogP contribution in [-0.4, -0.2) is 31.6 Å². The summed E-state index contributed by atoms with van der Waals surface area (Å²) in [7, 11) is -2.98. The van der Waals surface area contributed by atoms with E-state index in [1.54, 1.807) is 4.31 Å². The Balaban J connectivity index is 2.62. The Morgan fingerprint density at radius 2 is 2.07 bits per heavy atom. The van der Waals surface area contributed by atoms with E-state index in [-0.39, 0.29) is 5.92 Å². The van der Waals surface area contributed by atoms with Crippen molar-refractivity contribution >= 4 is 10.0 Å². The van der Waals surface area contributed by atoms with Crippen molar-refractivity contribution in [3.05, 3.63) is 0 Å². The van der Waals surface area contributed by atoms with Gasteiger partial charge in [-0.25, -0.2) is 12.7 Å². The molecule has 0 N–H and O–H groups in total. The van der Waals surface area contributed by atoms with Gasteiger partial charge in [0, 0.05) is 13.1 Å². The minimum absolute atomic E-state index is 0.220. The molecule has 84 valence electrons. The predicted molar refractivity (Wildman–Crippen MR) is 58.6 cm³/mol. The van der Waals surface area contributed by atoms with Gasteiger partial charge in [0.15, 0.2) is 0 Å². The first kappa shape index (κ1) is 12.0. The molecule has 0 spiro atoms. The average molecular weight is 219 g/mol. The molecule has 1 unspecified atom stereocenters. The van der Waals surface area contributed by atoms with Gasteiger partial charge in [-0.15, -0.1) is 0 Å². The van der Waals surface area contributed by atoms with Crippen LogP contribution < -0.4 is 0 Å². The molecule has 0 aromatic rings. The van der Waals surface area contributed by atoms with E-state index in [2.05, 4.69) is 6.92 Å². The molecular weight excluding hydrogens is 198 g/mol. The second-order valence-electron chi connectivity index (χ2n) is 4.78. The minimum Gasteiger partial charge on any atom is -0.212 e. The van der Waals surface area contributed by atoms with E-state index in [0.717, 1.165) is 25.9 Å². The average Bonchev–Trinajstić information content (AvgIpc) is 2.01. The van der Waals surface area contributed by atoms with Gasteiger partial charge >= 0.3 is 0 Å². The third-order valence-electron chi connectivity index (χ3n) is 2.56. The summed E-state index contributed by atoms with van der Waals surface area (Å²) in [5, 5.41) is 0. The Morgan fingerprint density at radius 1 is 1.43 bits per heavy atom. The lowest BCUT2D eigenvalue weighted by Gasteiger charge is -2.30. The first-order valence-electron chi connectivity index (χ1n) is 5.39. The summed E-state index contributed by atoms with van der Waals surface area (Å²) in [5.74, 6) is 1.03. The Kier molecular flexibility index (Phi) is 3.95. The van der Waals surface area contributed by atoms with Crippen molar-refractivity contribution < 1.29 is 8.42 Å². The van der Waals surface area contributed by atoms with Gasteiger partial charge in [0.25, 0.3) is 0 Å². The van der Waals surface area contributed by atoms with Crippen LogP contribution in [-0.2, 0) is 10.0 Å². The van der Waals surface area contributed by atoms with Crippen molar-refractivity contribution in [1.82, 2.24) is 4.31 Å². The molecule has 1 heterocycles. The molecular formula is C10H21NO2S. The van der Waals surface area contributed by atoms with Crippen molar-refractivity contribution in [1.29, 1.82) is 0 Å². The fourth-order valence-electron chi connectivity index (χ4n) is 1.93. The monoisotopic (exact) mass is 219 g/mol. The summed E-state index contributed by atoms with van der Waals surface area (Å²) < 4.78 is 25.4. The quantitative estimate of drug-likeness (QED) is 0.724. The van der Waals surface area contributed by atoms with Crippen molar-refractivity contribution in [2.45, 2.75) is 33.6 Å². The fraction of sp³-hybridized carbons (Fsp3) is 1.00. The Morgan fingerprint density at radius 3 is 2.57 bits per heavy atom. The van der Waals surface area contributed by atoms with Crippen LogP contribution in [0.2, 0.25) is 0 Å². The summed E-state index contributed by atoms with van der Waals surface area (Å²) in [4.78, 5) is 0. The van der Waals surface area contributed by atoms with Crippen molar-refractivity contribution in [2.24, 2.45) is 11.8 Å². The van der Waals surface area contributed by atoms with Crippen LogP contribution in [0, 0.1) is 11.8 Å². The van der Waals surface area contributed by atoms with Gasteiger partial charge in [-0.2, -0.15) is 0 Å². The van der Waals surface area contributed by atoms with Gasteiger partial charge in [-0.05, 0) is 24.7 Å². The molecule has 0 aromatic heterocycles. The first-order chi connectivity index (χ1) is 6.42. The minimum atomic E-state index is -2.98. The number of rotatable bonds is 3. The zero-order valence-corrected chi connectivity index (χ0v) is 10.2. The van der Waals surface area contributed by atoms with Crippen LogP contribution >= 0.6 is 0 Å². The normalized spacial score (nSPS) is 25.6. The number of sulfonamides is 1. The molecule has 1 aliphatic rings. The molecule has 0 bridgehead atoms. The van der Waals surface area contributed by atoms with Crippen LogP contribution in [0.15, 0.2) is 0 Å². The fourth-order valence-corrected chi connectivity index (χ4v) is 3.87. The number of hydrogen-bond donors (Lipinski definition) is 0.